The maximum Gasteiger partial charge on any atom is 0.257 e. The Kier molecular flexibility index (Phi) is 5.19. The molecule has 4 aromatic rings. The number of benzene rings is 3. The molecule has 0 saturated carbocycles. The molecule has 29 heavy (non-hydrogen) atoms. The van der Waals surface area contributed by atoms with Gasteiger partial charge in [-0.1, -0.05) is 48.0 Å². The van der Waals surface area contributed by atoms with Gasteiger partial charge in [0, 0.05) is 16.8 Å². The van der Waals surface area contributed by atoms with Crippen molar-refractivity contribution in [3.63, 3.8) is 0 Å². The van der Waals surface area contributed by atoms with Crippen molar-refractivity contribution >= 4 is 23.2 Å². The van der Waals surface area contributed by atoms with Gasteiger partial charge in [0.05, 0.1) is 10.6 Å². The molecule has 0 spiro atoms. The van der Waals surface area contributed by atoms with Crippen molar-refractivity contribution < 1.29 is 9.21 Å². The summed E-state index contributed by atoms with van der Waals surface area (Å²) >= 11 is 6.18. The first-order valence-electron chi connectivity index (χ1n) is 9.22. The Labute approximate surface area is 174 Å². The average molecular weight is 403 g/mol. The molecule has 0 aliphatic heterocycles. The van der Waals surface area contributed by atoms with Crippen LogP contribution < -0.4 is 5.32 Å². The Bertz CT molecular complexity index is 1170. The number of carbonyl (C=O) groups is 1. The number of anilines is 1. The molecule has 1 heterocycles. The van der Waals surface area contributed by atoms with Gasteiger partial charge in [-0.05, 0) is 55.8 Å². The quantitative estimate of drug-likeness (QED) is 0.422. The van der Waals surface area contributed by atoms with Gasteiger partial charge in [-0.2, -0.15) is 0 Å². The van der Waals surface area contributed by atoms with Crippen LogP contribution in [0.2, 0.25) is 5.02 Å². The summed E-state index contributed by atoms with van der Waals surface area (Å²) in [5, 5.41) is 3.30. The fraction of sp³-hybridized carbons (Fsp3) is 0.0833. The van der Waals surface area contributed by atoms with Crippen LogP contribution in [0.15, 0.2) is 77.2 Å². The lowest BCUT2D eigenvalue weighted by molar-refractivity contribution is 0.102. The van der Waals surface area contributed by atoms with Crippen LogP contribution >= 0.6 is 11.6 Å². The molecule has 0 aliphatic carbocycles. The number of hydrogen-bond acceptors (Lipinski definition) is 3. The molecule has 0 saturated heterocycles. The summed E-state index contributed by atoms with van der Waals surface area (Å²) in [7, 11) is 0. The molecular formula is C24H19ClN2O2. The summed E-state index contributed by atoms with van der Waals surface area (Å²) in [6.45, 7) is 3.83. The van der Waals surface area contributed by atoms with Crippen LogP contribution in [-0.4, -0.2) is 10.9 Å². The first kappa shape index (κ1) is 19.0. The van der Waals surface area contributed by atoms with Crippen molar-refractivity contribution in [3.8, 4) is 22.7 Å². The van der Waals surface area contributed by atoms with Crippen molar-refractivity contribution in [1.29, 1.82) is 0 Å². The molecule has 0 unspecified atom stereocenters. The summed E-state index contributed by atoms with van der Waals surface area (Å²) < 4.78 is 5.86. The molecule has 3 aromatic carbocycles. The van der Waals surface area contributed by atoms with Gasteiger partial charge >= 0.3 is 0 Å². The van der Waals surface area contributed by atoms with Crippen molar-refractivity contribution in [2.75, 3.05) is 5.32 Å². The number of aromatic nitrogens is 1. The van der Waals surface area contributed by atoms with Crippen LogP contribution in [0.4, 0.5) is 5.69 Å². The summed E-state index contributed by atoms with van der Waals surface area (Å²) in [5.74, 6) is 1.06. The summed E-state index contributed by atoms with van der Waals surface area (Å²) in [6.07, 6.45) is 0. The lowest BCUT2D eigenvalue weighted by atomic mass is 10.1. The minimum Gasteiger partial charge on any atom is -0.441 e. The Morgan fingerprint density at radius 3 is 2.34 bits per heavy atom. The fourth-order valence-electron chi connectivity index (χ4n) is 3.08. The second kappa shape index (κ2) is 7.94. The van der Waals surface area contributed by atoms with E-state index in [9.17, 15) is 4.79 Å². The molecule has 144 valence electrons. The Balaban J connectivity index is 1.53. The smallest absolute Gasteiger partial charge is 0.257 e. The molecule has 5 heteroatoms. The zero-order chi connectivity index (χ0) is 20.4. The van der Waals surface area contributed by atoms with E-state index in [1.807, 2.05) is 74.5 Å². The number of nitrogens with zero attached hydrogens (tertiary/aromatic N) is 1. The molecule has 0 fully saturated rings. The normalized spacial score (nSPS) is 10.7. The zero-order valence-corrected chi connectivity index (χ0v) is 16.8. The van der Waals surface area contributed by atoms with E-state index in [1.165, 1.54) is 0 Å². The SMILES string of the molecule is Cc1ccc(C(=O)Nc2ccc(-c3nc(-c4ccccc4)c(C)o3)cc2)c(Cl)c1. The maximum atomic E-state index is 12.5. The van der Waals surface area contributed by atoms with Crippen molar-refractivity contribution in [3.05, 3.63) is 94.7 Å². The van der Waals surface area contributed by atoms with Gasteiger partial charge in [0.1, 0.15) is 11.5 Å². The predicted molar refractivity (Wildman–Crippen MR) is 116 cm³/mol. The number of oxazole rings is 1. The van der Waals surface area contributed by atoms with E-state index in [1.54, 1.807) is 12.1 Å². The van der Waals surface area contributed by atoms with Crippen molar-refractivity contribution in [1.82, 2.24) is 4.98 Å². The standard InChI is InChI=1S/C24H19ClN2O2/c1-15-8-13-20(21(25)14-15)23(28)26-19-11-9-18(10-12-19)24-27-22(16(2)29-24)17-6-4-3-5-7-17/h3-14H,1-2H3,(H,26,28). The third-order valence-electron chi connectivity index (χ3n) is 4.60. The summed E-state index contributed by atoms with van der Waals surface area (Å²) in [4.78, 5) is 17.1. The van der Waals surface area contributed by atoms with Gasteiger partial charge in [-0.25, -0.2) is 4.98 Å². The number of amides is 1. The largest absolute Gasteiger partial charge is 0.441 e. The van der Waals surface area contributed by atoms with Crippen LogP contribution in [0, 0.1) is 13.8 Å². The summed E-state index contributed by atoms with van der Waals surface area (Å²) in [5.41, 5.74) is 4.79. The first-order chi connectivity index (χ1) is 14.0. The molecule has 0 aliphatic rings. The highest BCUT2D eigenvalue weighted by Crippen LogP contribution is 2.29. The van der Waals surface area contributed by atoms with E-state index in [0.29, 0.717) is 22.2 Å². The molecule has 1 amide bonds. The highest BCUT2D eigenvalue weighted by molar-refractivity contribution is 6.34. The minimum atomic E-state index is -0.249. The molecule has 1 aromatic heterocycles. The van der Waals surface area contributed by atoms with E-state index in [4.69, 9.17) is 16.0 Å². The van der Waals surface area contributed by atoms with Crippen LogP contribution in [0.5, 0.6) is 0 Å². The number of rotatable bonds is 4. The lowest BCUT2D eigenvalue weighted by Gasteiger charge is -2.08. The Morgan fingerprint density at radius 1 is 0.931 bits per heavy atom. The van der Waals surface area contributed by atoms with E-state index < -0.39 is 0 Å². The van der Waals surface area contributed by atoms with E-state index in [2.05, 4.69) is 10.3 Å². The number of aryl methyl sites for hydroxylation is 2. The highest BCUT2D eigenvalue weighted by atomic mass is 35.5. The molecule has 0 atom stereocenters. The van der Waals surface area contributed by atoms with Gasteiger partial charge in [0.15, 0.2) is 0 Å². The third kappa shape index (κ3) is 4.08. The second-order valence-electron chi connectivity index (χ2n) is 6.80. The first-order valence-corrected chi connectivity index (χ1v) is 9.60. The van der Waals surface area contributed by atoms with E-state index in [-0.39, 0.29) is 5.91 Å². The molecular weight excluding hydrogens is 384 g/mol. The molecule has 0 bridgehead atoms. The summed E-state index contributed by atoms with van der Waals surface area (Å²) in [6, 6.07) is 22.6. The topological polar surface area (TPSA) is 55.1 Å². The third-order valence-corrected chi connectivity index (χ3v) is 4.92. The number of carbonyl (C=O) groups excluding carboxylic acids is 1. The zero-order valence-electron chi connectivity index (χ0n) is 16.1. The minimum absolute atomic E-state index is 0.249. The van der Waals surface area contributed by atoms with E-state index in [0.717, 1.165) is 28.1 Å². The van der Waals surface area contributed by atoms with Gasteiger partial charge in [-0.3, -0.25) is 4.79 Å². The lowest BCUT2D eigenvalue weighted by Crippen LogP contribution is -2.12. The molecule has 0 radical (unpaired) electrons. The van der Waals surface area contributed by atoms with Crippen molar-refractivity contribution in [2.45, 2.75) is 13.8 Å². The van der Waals surface area contributed by atoms with Crippen LogP contribution in [0.1, 0.15) is 21.7 Å². The van der Waals surface area contributed by atoms with Gasteiger partial charge in [0.2, 0.25) is 5.89 Å². The Morgan fingerprint density at radius 2 is 1.66 bits per heavy atom. The predicted octanol–water partition coefficient (Wildman–Crippen LogP) is 6.53. The van der Waals surface area contributed by atoms with Gasteiger partial charge < -0.3 is 9.73 Å². The van der Waals surface area contributed by atoms with Crippen LogP contribution in [0.3, 0.4) is 0 Å². The van der Waals surface area contributed by atoms with Crippen molar-refractivity contribution in [2.24, 2.45) is 0 Å². The van der Waals surface area contributed by atoms with Gasteiger partial charge in [0.25, 0.3) is 5.91 Å². The number of halogens is 1. The number of nitrogens with one attached hydrogen (secondary N) is 1. The average Bonchev–Trinajstić information content (AvgIpc) is 3.11. The van der Waals surface area contributed by atoms with Gasteiger partial charge in [-0.15, -0.1) is 0 Å². The second-order valence-corrected chi connectivity index (χ2v) is 7.21. The highest BCUT2D eigenvalue weighted by Gasteiger charge is 2.14. The Hall–Kier alpha value is -3.37. The number of hydrogen-bond donors (Lipinski definition) is 1. The fourth-order valence-corrected chi connectivity index (χ4v) is 3.40. The van der Waals surface area contributed by atoms with E-state index >= 15 is 0 Å². The molecule has 4 rings (SSSR count). The molecule has 4 nitrogen and oxygen atoms in total. The monoisotopic (exact) mass is 402 g/mol. The molecule has 1 N–H and O–H groups in total. The van der Waals surface area contributed by atoms with Crippen LogP contribution in [0.25, 0.3) is 22.7 Å². The maximum absolute atomic E-state index is 12.5. The van der Waals surface area contributed by atoms with Crippen LogP contribution in [-0.2, 0) is 0 Å².